The zero-order valence-electron chi connectivity index (χ0n) is 51.7. The normalized spacial score (nSPS) is 11.7. The van der Waals surface area contributed by atoms with Gasteiger partial charge in [-0.05, 0) is 22.2 Å². The highest BCUT2D eigenvalue weighted by molar-refractivity contribution is 6.74. The first-order valence-electron chi connectivity index (χ1n) is 27.9. The van der Waals surface area contributed by atoms with Gasteiger partial charge >= 0.3 is 0 Å². The molecule has 10 rings (SSSR count). The van der Waals surface area contributed by atoms with Gasteiger partial charge in [-0.2, -0.15) is 0 Å². The third kappa shape index (κ3) is 7.57. The molecule has 0 aliphatic heterocycles. The number of rotatable bonds is 5. The first kappa shape index (κ1) is 55.2. The zero-order chi connectivity index (χ0) is 56.5. The molecule has 342 valence electrons. The molecule has 10 aromatic rings. The van der Waals surface area contributed by atoms with Gasteiger partial charge in [0.1, 0.15) is 234 Å². The van der Waals surface area contributed by atoms with E-state index in [1.165, 1.54) is 159 Å². The molecule has 0 aliphatic rings. The van der Waals surface area contributed by atoms with Crippen molar-refractivity contribution in [3.8, 4) is 56.4 Å². The van der Waals surface area contributed by atoms with Crippen LogP contribution in [0.1, 0.15) is 0 Å². The summed E-state index contributed by atoms with van der Waals surface area (Å²) in [6.45, 7) is 0. The smallest absolute Gasteiger partial charge is 0.163 e. The number of furan rings is 2. The van der Waals surface area contributed by atoms with Crippen LogP contribution in [0.25, 0.3) is 100 Å². The van der Waals surface area contributed by atoms with Crippen LogP contribution in [0.5, 0.6) is 0 Å². The van der Waals surface area contributed by atoms with E-state index in [1.54, 1.807) is 0 Å². The van der Waals surface area contributed by atoms with E-state index < -0.39 is 0 Å². The molecular weight excluding hydrogens is 906 g/mol. The first-order valence-corrected chi connectivity index (χ1v) is 27.9. The van der Waals surface area contributed by atoms with E-state index in [1.807, 2.05) is 0 Å². The summed E-state index contributed by atoms with van der Waals surface area (Å²) in [6, 6.07) is 0. The standard InChI is InChI=1S/C45H54B27N3O2/c46-12-4(6-17(51)13(47)1(3-14(48)26(60)33(67)27(61)15(3)49)2-5-19(53)28(62)36(70)38(72)41(5)76-39(2)6)16(50)37(71)42-7(12)8-18(52)20(54)11(25(59)40(8)77-42)45-74-43(9-21(55)29(63)34(68)30(64)22(9)56)73-44(75-45)10-23(57)31(65)35(69)32(66)24(10)58/h46-72H2. The maximum Gasteiger partial charge on any atom is 0.163 e. The molecule has 0 spiro atoms. The van der Waals surface area contributed by atoms with Crippen molar-refractivity contribution < 1.29 is 8.83 Å². The number of hydrogen-bond acceptors (Lipinski definition) is 5. The maximum atomic E-state index is 7.51. The molecule has 0 unspecified atom stereocenters. The van der Waals surface area contributed by atoms with Crippen LogP contribution in [0, 0.1) is 0 Å². The Morgan fingerprint density at radius 3 is 0.805 bits per heavy atom. The van der Waals surface area contributed by atoms with E-state index in [-0.39, 0.29) is 0 Å². The van der Waals surface area contributed by atoms with Crippen molar-refractivity contribution in [2.45, 2.75) is 0 Å². The second kappa shape index (κ2) is 19.0. The Morgan fingerprint density at radius 1 is 0.156 bits per heavy atom. The minimum atomic E-state index is 0.666. The Morgan fingerprint density at radius 2 is 0.377 bits per heavy atom. The van der Waals surface area contributed by atoms with E-state index >= 15 is 0 Å². The fourth-order valence-electron chi connectivity index (χ4n) is 13.9. The van der Waals surface area contributed by atoms with Gasteiger partial charge in [0.25, 0.3) is 0 Å². The van der Waals surface area contributed by atoms with Gasteiger partial charge < -0.3 is 8.83 Å². The second-order valence-electron chi connectivity index (χ2n) is 23.8. The van der Waals surface area contributed by atoms with Crippen LogP contribution < -0.4 is 147 Å². The zero-order valence-corrected chi connectivity index (χ0v) is 51.7. The summed E-state index contributed by atoms with van der Waals surface area (Å²) in [5.74, 6) is 2.08. The highest BCUT2D eigenvalue weighted by Gasteiger charge is 2.32. The van der Waals surface area contributed by atoms with E-state index in [2.05, 4.69) is 212 Å². The van der Waals surface area contributed by atoms with Crippen molar-refractivity contribution in [1.29, 1.82) is 0 Å². The predicted octanol–water partition coefficient (Wildman–Crippen LogP) is -35.0. The van der Waals surface area contributed by atoms with Gasteiger partial charge in [-0.15, -0.1) is 54.6 Å². The molecule has 32 heteroatoms. The van der Waals surface area contributed by atoms with E-state index in [4.69, 9.17) is 23.8 Å². The Bertz CT molecular complexity index is 4260. The molecule has 0 fully saturated rings. The third-order valence-corrected chi connectivity index (χ3v) is 20.9. The summed E-state index contributed by atoms with van der Waals surface area (Å²) >= 11 is 0. The second-order valence-corrected chi connectivity index (χ2v) is 23.8. The lowest BCUT2D eigenvalue weighted by Crippen LogP contribution is -2.55. The summed E-state index contributed by atoms with van der Waals surface area (Å²) < 4.78 is 14.9. The fourth-order valence-corrected chi connectivity index (χ4v) is 13.9. The minimum Gasteiger partial charge on any atom is -0.457 e. The molecule has 3 aromatic heterocycles. The third-order valence-electron chi connectivity index (χ3n) is 20.9. The van der Waals surface area contributed by atoms with Gasteiger partial charge in [-0.1, -0.05) is 87.4 Å². The molecule has 0 radical (unpaired) electrons. The summed E-state index contributed by atoms with van der Waals surface area (Å²) in [6.07, 6.45) is 0. The highest BCUT2D eigenvalue weighted by Crippen LogP contribution is 2.38. The lowest BCUT2D eigenvalue weighted by atomic mass is 9.57. The molecule has 7 aromatic carbocycles. The van der Waals surface area contributed by atoms with E-state index in [9.17, 15) is 0 Å². The van der Waals surface area contributed by atoms with Gasteiger partial charge in [0.2, 0.25) is 0 Å². The van der Waals surface area contributed by atoms with Crippen LogP contribution in [-0.4, -0.2) is 227 Å². The molecule has 0 amide bonds. The van der Waals surface area contributed by atoms with Crippen LogP contribution in [0.15, 0.2) is 8.83 Å². The molecule has 0 atom stereocenters. The molecular formula is C45H54B27N3O2. The molecule has 0 N–H and O–H groups in total. The van der Waals surface area contributed by atoms with Gasteiger partial charge in [-0.3, -0.25) is 0 Å². The Labute approximate surface area is 480 Å². The number of fused-ring (bicyclic) bond motifs is 6. The molecule has 0 saturated carbocycles. The Hall–Kier alpha value is -5.10. The topological polar surface area (TPSA) is 65.0 Å². The van der Waals surface area contributed by atoms with Gasteiger partial charge in [0, 0.05) is 43.8 Å². The molecule has 3 heterocycles. The average Bonchev–Trinajstić information content (AvgIpc) is 4.02. The Balaban J connectivity index is 1.32. The van der Waals surface area contributed by atoms with Crippen LogP contribution in [0.2, 0.25) is 0 Å². The van der Waals surface area contributed by atoms with Crippen molar-refractivity contribution in [3.63, 3.8) is 0 Å². The molecule has 77 heavy (non-hydrogen) atoms. The molecule has 0 saturated heterocycles. The monoisotopic (exact) mass is 966 g/mol. The SMILES string of the molecule is Bc1c(B)c(B)c(-c2nc(-c3c(B)c(B)c(B)c(B)c3B)nc(-c3c(B)c(B)c4c(oc5c(B)c(B)c(-c6c(B)c(B)c(-c7c(B)c(B)c(B)c(B)c7B)c7c6oc6c(B)c(B)c(B)c(B)c67)c(B)c54)c3B)n2)c(B)c1B. The minimum absolute atomic E-state index is 0.666. The first-order chi connectivity index (χ1) is 36.0. The van der Waals surface area contributed by atoms with Crippen LogP contribution in [-0.2, 0) is 0 Å². The lowest BCUT2D eigenvalue weighted by Gasteiger charge is -2.26. The molecule has 0 bridgehead atoms. The Kier molecular flexibility index (Phi) is 13.7. The quantitative estimate of drug-likeness (QED) is 0.161. The number of benzene rings is 7. The van der Waals surface area contributed by atoms with Crippen molar-refractivity contribution >= 4 is 403 Å². The van der Waals surface area contributed by atoms with Crippen LogP contribution >= 0.6 is 0 Å². The van der Waals surface area contributed by atoms with E-state index in [0.29, 0.717) is 17.5 Å². The number of aromatic nitrogens is 3. The average molecular weight is 961 g/mol. The summed E-state index contributed by atoms with van der Waals surface area (Å²) in [7, 11) is 61.1. The fraction of sp³-hybridized carbons (Fsp3) is 0. The lowest BCUT2D eigenvalue weighted by molar-refractivity contribution is 0.673. The van der Waals surface area contributed by atoms with Crippen LogP contribution in [0.3, 0.4) is 0 Å². The van der Waals surface area contributed by atoms with Gasteiger partial charge in [0.15, 0.2) is 17.5 Å². The molecule has 5 nitrogen and oxygen atoms in total. The van der Waals surface area contributed by atoms with Gasteiger partial charge in [-0.25, -0.2) is 15.0 Å². The van der Waals surface area contributed by atoms with Crippen molar-refractivity contribution in [2.75, 3.05) is 0 Å². The van der Waals surface area contributed by atoms with Gasteiger partial charge in [0.05, 0.1) is 0 Å². The summed E-state index contributed by atoms with van der Waals surface area (Å²) in [5, 5.41) is 4.74. The van der Waals surface area contributed by atoms with Crippen molar-refractivity contribution in [2.24, 2.45) is 0 Å². The van der Waals surface area contributed by atoms with Crippen LogP contribution in [0.4, 0.5) is 0 Å². The van der Waals surface area contributed by atoms with Crippen molar-refractivity contribution in [3.05, 3.63) is 0 Å². The molecule has 0 aliphatic carbocycles. The number of nitrogens with zero attached hydrogens (tertiary/aromatic N) is 3. The highest BCUT2D eigenvalue weighted by atomic mass is 16.3. The predicted molar refractivity (Wildman–Crippen MR) is 422 cm³/mol. The summed E-state index contributed by atoms with van der Waals surface area (Å²) in [5.41, 5.74) is 45.7. The van der Waals surface area contributed by atoms with E-state index in [0.717, 1.165) is 71.6 Å². The van der Waals surface area contributed by atoms with Crippen molar-refractivity contribution in [1.82, 2.24) is 15.0 Å². The maximum absolute atomic E-state index is 7.51. The largest absolute Gasteiger partial charge is 0.457 e. The summed E-state index contributed by atoms with van der Waals surface area (Å²) in [4.78, 5) is 16.6. The number of hydrogen-bond donors (Lipinski definition) is 0.